The molecule has 1 aliphatic rings. The third kappa shape index (κ3) is 6.03. The van der Waals surface area contributed by atoms with Crippen molar-refractivity contribution in [3.63, 3.8) is 0 Å². The maximum atomic E-state index is 12.1. The Bertz CT molecular complexity index is 417. The van der Waals surface area contributed by atoms with Crippen molar-refractivity contribution in [3.05, 3.63) is 12.2 Å². The minimum atomic E-state index is -0.828. The van der Waals surface area contributed by atoms with E-state index in [-0.39, 0.29) is 18.9 Å². The van der Waals surface area contributed by atoms with E-state index in [1.165, 1.54) is 12.2 Å². The molecule has 1 rings (SSSR count). The van der Waals surface area contributed by atoms with Gasteiger partial charge in [0.1, 0.15) is 0 Å². The zero-order valence-corrected chi connectivity index (χ0v) is 12.4. The molecule has 1 heterocycles. The fraction of sp³-hybridized carbons (Fsp3) is 0.643. The zero-order chi connectivity index (χ0) is 15.9. The third-order valence-electron chi connectivity index (χ3n) is 3.19. The number of hydrogen-bond donors (Lipinski definition) is 1. The van der Waals surface area contributed by atoms with Gasteiger partial charge in [0.15, 0.2) is 6.86 Å². The highest BCUT2D eigenvalue weighted by atomic mass is 19.1. The van der Waals surface area contributed by atoms with Crippen molar-refractivity contribution < 1.29 is 23.5 Å². The van der Waals surface area contributed by atoms with E-state index >= 15 is 0 Å². The van der Waals surface area contributed by atoms with Crippen LogP contribution in [-0.4, -0.2) is 48.2 Å². The normalized spacial score (nSPS) is 14.9. The van der Waals surface area contributed by atoms with Crippen LogP contribution in [-0.2, 0) is 19.1 Å². The molecular formula is C14H21FN2O4. The maximum Gasteiger partial charge on any atom is 0.253 e. The van der Waals surface area contributed by atoms with E-state index < -0.39 is 24.3 Å². The molecule has 0 atom stereocenters. The van der Waals surface area contributed by atoms with Crippen molar-refractivity contribution in [2.45, 2.75) is 38.7 Å². The standard InChI is InChI=1S/C14H21FN2O4/c1-14(2,21-10-15)7-3-8-16-11(18)6-9-17-12(19)4-5-13(17)20/h4-5H,3,6-10H2,1-2H3,(H,16,18). The van der Waals surface area contributed by atoms with Crippen molar-refractivity contribution in [2.24, 2.45) is 0 Å². The number of carbonyl (C=O) groups is 3. The van der Waals surface area contributed by atoms with E-state index in [0.29, 0.717) is 19.4 Å². The first kappa shape index (κ1) is 17.3. The maximum absolute atomic E-state index is 12.1. The predicted octanol–water partition coefficient (Wildman–Crippen LogP) is 0.920. The summed E-state index contributed by atoms with van der Waals surface area (Å²) in [6, 6.07) is 0. The van der Waals surface area contributed by atoms with Gasteiger partial charge < -0.3 is 10.1 Å². The van der Waals surface area contributed by atoms with Crippen molar-refractivity contribution in [1.29, 1.82) is 0 Å². The van der Waals surface area contributed by atoms with Gasteiger partial charge >= 0.3 is 0 Å². The second-order valence-electron chi connectivity index (χ2n) is 5.38. The van der Waals surface area contributed by atoms with Gasteiger partial charge in [-0.05, 0) is 26.7 Å². The summed E-state index contributed by atoms with van der Waals surface area (Å²) in [4.78, 5) is 35.2. The summed E-state index contributed by atoms with van der Waals surface area (Å²) in [7, 11) is 0. The molecular weight excluding hydrogens is 279 g/mol. The molecule has 0 fully saturated rings. The number of rotatable bonds is 9. The monoisotopic (exact) mass is 300 g/mol. The average Bonchev–Trinajstić information content (AvgIpc) is 2.72. The number of nitrogens with zero attached hydrogens (tertiary/aromatic N) is 1. The van der Waals surface area contributed by atoms with Crippen LogP contribution in [0.1, 0.15) is 33.1 Å². The number of carbonyl (C=O) groups excluding carboxylic acids is 3. The van der Waals surface area contributed by atoms with Crippen LogP contribution in [0.5, 0.6) is 0 Å². The minimum absolute atomic E-state index is 0.0729. The van der Waals surface area contributed by atoms with Gasteiger partial charge in [-0.1, -0.05) is 0 Å². The van der Waals surface area contributed by atoms with Gasteiger partial charge in [-0.15, -0.1) is 0 Å². The first-order chi connectivity index (χ1) is 9.85. The first-order valence-electron chi connectivity index (χ1n) is 6.86. The quantitative estimate of drug-likeness (QED) is 0.507. The van der Waals surface area contributed by atoms with Gasteiger partial charge in [0.05, 0.1) is 5.60 Å². The van der Waals surface area contributed by atoms with Crippen LogP contribution in [0.4, 0.5) is 4.39 Å². The van der Waals surface area contributed by atoms with E-state index in [4.69, 9.17) is 4.74 Å². The molecule has 6 nitrogen and oxygen atoms in total. The minimum Gasteiger partial charge on any atom is -0.356 e. The van der Waals surface area contributed by atoms with Crippen molar-refractivity contribution in [3.8, 4) is 0 Å². The van der Waals surface area contributed by atoms with Gasteiger partial charge in [-0.25, -0.2) is 4.39 Å². The van der Waals surface area contributed by atoms with E-state index in [0.717, 1.165) is 4.90 Å². The molecule has 0 radical (unpaired) electrons. The van der Waals surface area contributed by atoms with E-state index in [1.807, 2.05) is 0 Å². The summed E-state index contributed by atoms with van der Waals surface area (Å²) in [6.45, 7) is 3.26. The molecule has 0 aromatic carbocycles. The Balaban J connectivity index is 2.15. The average molecular weight is 300 g/mol. The predicted molar refractivity (Wildman–Crippen MR) is 73.9 cm³/mol. The van der Waals surface area contributed by atoms with Crippen molar-refractivity contribution in [1.82, 2.24) is 10.2 Å². The second kappa shape index (κ2) is 7.87. The molecule has 0 saturated carbocycles. The van der Waals surface area contributed by atoms with E-state index in [1.54, 1.807) is 13.8 Å². The summed E-state index contributed by atoms with van der Waals surface area (Å²) in [5.74, 6) is -1.01. The summed E-state index contributed by atoms with van der Waals surface area (Å²) in [5, 5.41) is 2.69. The lowest BCUT2D eigenvalue weighted by Crippen LogP contribution is -2.35. The number of hydrogen-bond acceptors (Lipinski definition) is 4. The Morgan fingerprint density at radius 3 is 2.52 bits per heavy atom. The Kier molecular flexibility index (Phi) is 6.48. The molecule has 0 aromatic rings. The van der Waals surface area contributed by atoms with E-state index in [2.05, 4.69) is 5.32 Å². The molecule has 1 N–H and O–H groups in total. The highest BCUT2D eigenvalue weighted by Crippen LogP contribution is 2.16. The molecule has 0 bridgehead atoms. The SMILES string of the molecule is CC(C)(CCCNC(=O)CCN1C(=O)C=CC1=O)OCF. The van der Waals surface area contributed by atoms with Crippen molar-refractivity contribution >= 4 is 17.7 Å². The molecule has 7 heteroatoms. The van der Waals surface area contributed by atoms with Gasteiger partial charge in [0.25, 0.3) is 11.8 Å². The molecule has 0 spiro atoms. The molecule has 118 valence electrons. The Hall–Kier alpha value is -1.76. The zero-order valence-electron chi connectivity index (χ0n) is 12.4. The highest BCUT2D eigenvalue weighted by Gasteiger charge is 2.23. The van der Waals surface area contributed by atoms with Crippen LogP contribution in [0.15, 0.2) is 12.2 Å². The number of imide groups is 1. The topological polar surface area (TPSA) is 75.7 Å². The Labute approximate surface area is 123 Å². The number of halogens is 1. The van der Waals surface area contributed by atoms with Crippen LogP contribution in [0, 0.1) is 0 Å². The molecule has 1 aliphatic heterocycles. The van der Waals surface area contributed by atoms with Gasteiger partial charge in [0, 0.05) is 31.7 Å². The number of nitrogens with one attached hydrogen (secondary N) is 1. The van der Waals surface area contributed by atoms with E-state index in [9.17, 15) is 18.8 Å². The van der Waals surface area contributed by atoms with Crippen LogP contribution >= 0.6 is 0 Å². The fourth-order valence-corrected chi connectivity index (χ4v) is 1.92. The smallest absolute Gasteiger partial charge is 0.253 e. The van der Waals surface area contributed by atoms with Gasteiger partial charge in [-0.2, -0.15) is 0 Å². The Morgan fingerprint density at radius 1 is 1.33 bits per heavy atom. The molecule has 21 heavy (non-hydrogen) atoms. The lowest BCUT2D eigenvalue weighted by atomic mass is 10.0. The largest absolute Gasteiger partial charge is 0.356 e. The van der Waals surface area contributed by atoms with Crippen LogP contribution < -0.4 is 5.32 Å². The number of amides is 3. The molecule has 0 aromatic heterocycles. The van der Waals surface area contributed by atoms with Crippen LogP contribution in [0.25, 0.3) is 0 Å². The summed E-state index contributed by atoms with van der Waals surface area (Å²) < 4.78 is 17.0. The first-order valence-corrected chi connectivity index (χ1v) is 6.86. The molecule has 3 amide bonds. The van der Waals surface area contributed by atoms with Gasteiger partial charge in [-0.3, -0.25) is 19.3 Å². The number of ether oxygens (including phenoxy) is 1. The molecule has 0 unspecified atom stereocenters. The van der Waals surface area contributed by atoms with Crippen LogP contribution in [0.2, 0.25) is 0 Å². The lowest BCUT2D eigenvalue weighted by Gasteiger charge is -2.23. The molecule has 0 saturated heterocycles. The third-order valence-corrected chi connectivity index (χ3v) is 3.19. The van der Waals surface area contributed by atoms with Gasteiger partial charge in [0.2, 0.25) is 5.91 Å². The highest BCUT2D eigenvalue weighted by molar-refractivity contribution is 6.13. The van der Waals surface area contributed by atoms with Crippen LogP contribution in [0.3, 0.4) is 0 Å². The molecule has 0 aliphatic carbocycles. The summed E-state index contributed by atoms with van der Waals surface area (Å²) >= 11 is 0. The summed E-state index contributed by atoms with van der Waals surface area (Å²) in [6.07, 6.45) is 3.72. The lowest BCUT2D eigenvalue weighted by molar-refractivity contribution is -0.137. The fourth-order valence-electron chi connectivity index (χ4n) is 1.92. The number of alkyl halides is 1. The second-order valence-corrected chi connectivity index (χ2v) is 5.38. The Morgan fingerprint density at radius 2 is 1.95 bits per heavy atom. The van der Waals surface area contributed by atoms with Crippen molar-refractivity contribution in [2.75, 3.05) is 20.0 Å². The summed E-state index contributed by atoms with van der Waals surface area (Å²) in [5.41, 5.74) is -0.556.